The molecular weight excluding hydrogens is 238 g/mol. The minimum absolute atomic E-state index is 0.524. The van der Waals surface area contributed by atoms with E-state index in [0.29, 0.717) is 18.3 Å². The Bertz CT molecular complexity index is 467. The second-order valence-corrected chi connectivity index (χ2v) is 4.35. The van der Waals surface area contributed by atoms with Crippen LogP contribution in [0.3, 0.4) is 0 Å². The third-order valence-corrected chi connectivity index (χ3v) is 2.99. The fourth-order valence-electron chi connectivity index (χ4n) is 1.43. The number of rotatable bonds is 6. The van der Waals surface area contributed by atoms with E-state index >= 15 is 0 Å². The summed E-state index contributed by atoms with van der Waals surface area (Å²) in [7, 11) is 0. The minimum atomic E-state index is 0.524. The lowest BCUT2D eigenvalue weighted by Crippen LogP contribution is -2.12. The Hall–Kier alpha value is -1.34. The molecule has 0 unspecified atom stereocenters. The lowest BCUT2D eigenvalue weighted by molar-refractivity contribution is 0.420. The minimum Gasteiger partial charge on any atom is -0.333 e. The van der Waals surface area contributed by atoms with Crippen molar-refractivity contribution in [1.29, 1.82) is 0 Å². The first-order chi connectivity index (χ1) is 8.35. The molecule has 0 aliphatic rings. The average Bonchev–Trinajstić information content (AvgIpc) is 2.95. The SMILES string of the molecule is CCCc1nnsc1-c1nc(CNCC)no1. The van der Waals surface area contributed by atoms with E-state index in [1.54, 1.807) is 0 Å². The second kappa shape index (κ2) is 5.83. The van der Waals surface area contributed by atoms with E-state index in [2.05, 4.69) is 32.0 Å². The van der Waals surface area contributed by atoms with Crippen molar-refractivity contribution in [3.63, 3.8) is 0 Å². The zero-order valence-electron chi connectivity index (χ0n) is 9.93. The van der Waals surface area contributed by atoms with Gasteiger partial charge in [-0.05, 0) is 24.5 Å². The molecule has 0 aromatic carbocycles. The van der Waals surface area contributed by atoms with E-state index in [-0.39, 0.29) is 0 Å². The number of hydrogen-bond donors (Lipinski definition) is 1. The summed E-state index contributed by atoms with van der Waals surface area (Å²) in [5.74, 6) is 1.19. The molecule has 0 radical (unpaired) electrons. The van der Waals surface area contributed by atoms with Gasteiger partial charge in [-0.15, -0.1) is 5.10 Å². The van der Waals surface area contributed by atoms with Crippen molar-refractivity contribution in [2.75, 3.05) is 6.54 Å². The third-order valence-electron chi connectivity index (χ3n) is 2.24. The summed E-state index contributed by atoms with van der Waals surface area (Å²) in [6, 6.07) is 0. The molecule has 2 aromatic rings. The molecule has 0 saturated heterocycles. The van der Waals surface area contributed by atoms with Gasteiger partial charge in [0.25, 0.3) is 5.89 Å². The highest BCUT2D eigenvalue weighted by molar-refractivity contribution is 7.09. The standard InChI is InChI=1S/C10H15N5OS/c1-3-5-7-9(17-15-13-7)10-12-8(14-16-10)6-11-4-2/h11H,3-6H2,1-2H3. The van der Waals surface area contributed by atoms with E-state index in [1.165, 1.54) is 11.5 Å². The molecule has 2 heterocycles. The lowest BCUT2D eigenvalue weighted by atomic mass is 10.2. The topological polar surface area (TPSA) is 76.7 Å². The van der Waals surface area contributed by atoms with Crippen LogP contribution >= 0.6 is 11.5 Å². The van der Waals surface area contributed by atoms with E-state index in [1.807, 2.05) is 6.92 Å². The first-order valence-corrected chi connectivity index (χ1v) is 6.47. The van der Waals surface area contributed by atoms with Crippen LogP contribution in [0.4, 0.5) is 0 Å². The van der Waals surface area contributed by atoms with Crippen LogP contribution in [0.2, 0.25) is 0 Å². The molecule has 0 aliphatic carbocycles. The van der Waals surface area contributed by atoms with E-state index in [9.17, 15) is 0 Å². The average molecular weight is 253 g/mol. The predicted octanol–water partition coefficient (Wildman–Crippen LogP) is 1.65. The van der Waals surface area contributed by atoms with Gasteiger partial charge in [0.15, 0.2) is 5.82 Å². The number of nitrogens with one attached hydrogen (secondary N) is 1. The summed E-state index contributed by atoms with van der Waals surface area (Å²) in [6.45, 7) is 5.64. The van der Waals surface area contributed by atoms with E-state index in [4.69, 9.17) is 4.52 Å². The summed E-state index contributed by atoms with van der Waals surface area (Å²) in [6.07, 6.45) is 1.91. The van der Waals surface area contributed by atoms with Gasteiger partial charge in [-0.3, -0.25) is 0 Å². The zero-order valence-corrected chi connectivity index (χ0v) is 10.8. The zero-order chi connectivity index (χ0) is 12.1. The largest absolute Gasteiger partial charge is 0.333 e. The summed E-state index contributed by atoms with van der Waals surface area (Å²) >= 11 is 1.30. The van der Waals surface area contributed by atoms with Gasteiger partial charge in [-0.25, -0.2) is 0 Å². The Morgan fingerprint density at radius 1 is 1.35 bits per heavy atom. The van der Waals surface area contributed by atoms with Crippen LogP contribution in [0, 0.1) is 0 Å². The van der Waals surface area contributed by atoms with Crippen LogP contribution < -0.4 is 5.32 Å². The van der Waals surface area contributed by atoms with Gasteiger partial charge < -0.3 is 9.84 Å². The first kappa shape index (κ1) is 12.1. The fourth-order valence-corrected chi connectivity index (χ4v) is 2.06. The highest BCUT2D eigenvalue weighted by atomic mass is 32.1. The molecule has 17 heavy (non-hydrogen) atoms. The highest BCUT2D eigenvalue weighted by Gasteiger charge is 2.16. The normalized spacial score (nSPS) is 10.9. The Labute approximate surface area is 104 Å². The Morgan fingerprint density at radius 3 is 3.00 bits per heavy atom. The van der Waals surface area contributed by atoms with Crippen LogP contribution in [-0.2, 0) is 13.0 Å². The molecule has 0 saturated carbocycles. The third kappa shape index (κ3) is 2.86. The number of nitrogens with zero attached hydrogens (tertiary/aromatic N) is 4. The molecule has 0 amide bonds. The molecule has 0 bridgehead atoms. The van der Waals surface area contributed by atoms with Crippen molar-refractivity contribution in [3.05, 3.63) is 11.5 Å². The first-order valence-electron chi connectivity index (χ1n) is 5.70. The molecule has 2 rings (SSSR count). The molecule has 2 aromatic heterocycles. The predicted molar refractivity (Wildman–Crippen MR) is 64.6 cm³/mol. The maximum Gasteiger partial charge on any atom is 0.271 e. The monoisotopic (exact) mass is 253 g/mol. The Morgan fingerprint density at radius 2 is 2.24 bits per heavy atom. The number of aryl methyl sites for hydroxylation is 1. The van der Waals surface area contributed by atoms with Crippen molar-refractivity contribution >= 4 is 11.5 Å². The molecule has 0 spiro atoms. The van der Waals surface area contributed by atoms with E-state index in [0.717, 1.165) is 30.0 Å². The summed E-state index contributed by atoms with van der Waals surface area (Å²) in [5.41, 5.74) is 0.941. The molecule has 1 N–H and O–H groups in total. The van der Waals surface area contributed by atoms with Crippen molar-refractivity contribution < 1.29 is 4.52 Å². The van der Waals surface area contributed by atoms with Gasteiger partial charge in [-0.1, -0.05) is 29.9 Å². The number of aromatic nitrogens is 4. The summed E-state index contributed by atoms with van der Waals surface area (Å²) < 4.78 is 9.16. The molecule has 0 atom stereocenters. The molecule has 6 nitrogen and oxygen atoms in total. The maximum absolute atomic E-state index is 5.22. The van der Waals surface area contributed by atoms with Crippen molar-refractivity contribution in [2.24, 2.45) is 0 Å². The maximum atomic E-state index is 5.22. The fraction of sp³-hybridized carbons (Fsp3) is 0.600. The molecule has 0 aliphatic heterocycles. The van der Waals surface area contributed by atoms with Crippen molar-refractivity contribution in [3.8, 4) is 10.8 Å². The Kier molecular flexibility index (Phi) is 4.16. The van der Waals surface area contributed by atoms with Crippen molar-refractivity contribution in [2.45, 2.75) is 33.2 Å². The van der Waals surface area contributed by atoms with Gasteiger partial charge in [-0.2, -0.15) is 4.98 Å². The van der Waals surface area contributed by atoms with Gasteiger partial charge in [0.05, 0.1) is 12.2 Å². The second-order valence-electron chi connectivity index (χ2n) is 3.59. The molecule has 7 heteroatoms. The highest BCUT2D eigenvalue weighted by Crippen LogP contribution is 2.25. The molecule has 0 fully saturated rings. The van der Waals surface area contributed by atoms with Gasteiger partial charge in [0.1, 0.15) is 4.88 Å². The van der Waals surface area contributed by atoms with Crippen LogP contribution in [0.25, 0.3) is 10.8 Å². The van der Waals surface area contributed by atoms with Crippen LogP contribution in [0.5, 0.6) is 0 Å². The Balaban J connectivity index is 2.15. The summed E-state index contributed by atoms with van der Waals surface area (Å²) in [4.78, 5) is 5.21. The van der Waals surface area contributed by atoms with Gasteiger partial charge in [0.2, 0.25) is 0 Å². The quantitative estimate of drug-likeness (QED) is 0.843. The summed E-state index contributed by atoms with van der Waals surface area (Å²) in [5, 5.41) is 11.1. The van der Waals surface area contributed by atoms with Crippen LogP contribution in [0.1, 0.15) is 31.8 Å². The lowest BCUT2D eigenvalue weighted by Gasteiger charge is -1.93. The van der Waals surface area contributed by atoms with Crippen LogP contribution in [-0.4, -0.2) is 26.3 Å². The van der Waals surface area contributed by atoms with Gasteiger partial charge >= 0.3 is 0 Å². The smallest absolute Gasteiger partial charge is 0.271 e. The van der Waals surface area contributed by atoms with Crippen LogP contribution in [0.15, 0.2) is 4.52 Å². The number of hydrogen-bond acceptors (Lipinski definition) is 7. The van der Waals surface area contributed by atoms with Crippen molar-refractivity contribution in [1.82, 2.24) is 25.0 Å². The molecule has 92 valence electrons. The van der Waals surface area contributed by atoms with Gasteiger partial charge in [0, 0.05) is 0 Å². The molecular formula is C10H15N5OS. The van der Waals surface area contributed by atoms with E-state index < -0.39 is 0 Å².